The highest BCUT2D eigenvalue weighted by atomic mass is 16.2. The van der Waals surface area contributed by atoms with Crippen LogP contribution < -0.4 is 11.0 Å². The molecular formula is C22H30N4O2. The zero-order chi connectivity index (χ0) is 20.5. The molecule has 0 saturated heterocycles. The van der Waals surface area contributed by atoms with Crippen molar-refractivity contribution >= 4 is 22.9 Å². The second-order valence-electron chi connectivity index (χ2n) is 7.37. The largest absolute Gasteiger partial charge is 0.292 e. The molecule has 1 amide bonds. The predicted octanol–water partition coefficient (Wildman–Crippen LogP) is 4.29. The van der Waals surface area contributed by atoms with Gasteiger partial charge in [0.25, 0.3) is 11.5 Å². The lowest BCUT2D eigenvalue weighted by Gasteiger charge is -2.09. The molecule has 1 heterocycles. The van der Waals surface area contributed by atoms with E-state index in [0.717, 1.165) is 25.7 Å². The molecule has 0 bridgehead atoms. The number of aromatic nitrogens is 2. The van der Waals surface area contributed by atoms with Gasteiger partial charge >= 0.3 is 0 Å². The summed E-state index contributed by atoms with van der Waals surface area (Å²) in [5.41, 5.74) is 3.92. The maximum absolute atomic E-state index is 12.6. The van der Waals surface area contributed by atoms with Crippen molar-refractivity contribution in [3.8, 4) is 0 Å². The van der Waals surface area contributed by atoms with E-state index in [-0.39, 0.29) is 11.3 Å². The Hall–Kier alpha value is -2.76. The number of allylic oxidation sites excluding steroid dienone is 2. The third kappa shape index (κ3) is 5.87. The van der Waals surface area contributed by atoms with Gasteiger partial charge < -0.3 is 0 Å². The van der Waals surface area contributed by atoms with Crippen molar-refractivity contribution in [1.82, 2.24) is 15.2 Å². The molecule has 1 atom stereocenters. The fourth-order valence-corrected chi connectivity index (χ4v) is 2.93. The van der Waals surface area contributed by atoms with Crippen molar-refractivity contribution in [1.29, 1.82) is 0 Å². The van der Waals surface area contributed by atoms with E-state index in [1.54, 1.807) is 30.5 Å². The standard InChI is InChI=1S/C22H30N4O2/c1-5-15-26-22(28)19-12-7-6-11-18(19)20(25-26)21(27)24-23-14-13-17(4)10-8-9-16(2)3/h6-7,9,11-12,14,17H,5,8,10,13,15H2,1-4H3,(H,24,27)/b23-14-/t17-/m1/s1. The number of hydrogen-bond acceptors (Lipinski definition) is 4. The molecule has 0 unspecified atom stereocenters. The number of rotatable bonds is 9. The Morgan fingerprint density at radius 1 is 1.29 bits per heavy atom. The molecule has 0 spiro atoms. The van der Waals surface area contributed by atoms with Gasteiger partial charge in [0.05, 0.1) is 5.39 Å². The monoisotopic (exact) mass is 382 g/mol. The van der Waals surface area contributed by atoms with E-state index >= 15 is 0 Å². The van der Waals surface area contributed by atoms with Gasteiger partial charge in [-0.05, 0) is 51.5 Å². The molecule has 2 rings (SSSR count). The summed E-state index contributed by atoms with van der Waals surface area (Å²) in [7, 11) is 0. The summed E-state index contributed by atoms with van der Waals surface area (Å²) in [6.45, 7) is 8.80. The van der Waals surface area contributed by atoms with E-state index in [4.69, 9.17) is 0 Å². The van der Waals surface area contributed by atoms with Gasteiger partial charge in [-0.25, -0.2) is 10.1 Å². The van der Waals surface area contributed by atoms with E-state index in [1.807, 2.05) is 6.92 Å². The second kappa shape index (κ2) is 10.5. The normalized spacial score (nSPS) is 12.3. The van der Waals surface area contributed by atoms with Crippen LogP contribution in [0.1, 0.15) is 63.9 Å². The number of benzene rings is 1. The molecule has 0 aliphatic rings. The zero-order valence-corrected chi connectivity index (χ0v) is 17.2. The van der Waals surface area contributed by atoms with Crippen LogP contribution in [0.3, 0.4) is 0 Å². The van der Waals surface area contributed by atoms with Crippen molar-refractivity contribution in [2.24, 2.45) is 11.0 Å². The summed E-state index contributed by atoms with van der Waals surface area (Å²) in [4.78, 5) is 25.1. The highest BCUT2D eigenvalue weighted by molar-refractivity contribution is 6.04. The van der Waals surface area contributed by atoms with Crippen molar-refractivity contribution in [3.63, 3.8) is 0 Å². The molecule has 1 aromatic heterocycles. The Labute approximate surface area is 166 Å². The molecule has 0 aliphatic carbocycles. The quantitative estimate of drug-likeness (QED) is 0.399. The Kier molecular flexibility index (Phi) is 8.11. The SMILES string of the molecule is CCCn1nc(C(=O)N/N=C\C[C@H](C)CCC=C(C)C)c2ccccc2c1=O. The van der Waals surface area contributed by atoms with E-state index in [0.29, 0.717) is 23.2 Å². The summed E-state index contributed by atoms with van der Waals surface area (Å²) >= 11 is 0. The first-order valence-corrected chi connectivity index (χ1v) is 9.89. The van der Waals surface area contributed by atoms with E-state index in [1.165, 1.54) is 10.3 Å². The minimum atomic E-state index is -0.408. The summed E-state index contributed by atoms with van der Waals surface area (Å²) in [6.07, 6.45) is 7.65. The average Bonchev–Trinajstić information content (AvgIpc) is 2.67. The fraction of sp³-hybridized carbons (Fsp3) is 0.455. The highest BCUT2D eigenvalue weighted by Gasteiger charge is 2.15. The van der Waals surface area contributed by atoms with E-state index in [9.17, 15) is 9.59 Å². The first kappa shape index (κ1) is 21.5. The minimum Gasteiger partial charge on any atom is -0.267 e. The zero-order valence-electron chi connectivity index (χ0n) is 17.2. The third-order valence-corrected chi connectivity index (χ3v) is 4.50. The Morgan fingerprint density at radius 3 is 2.68 bits per heavy atom. The van der Waals surface area contributed by atoms with Gasteiger partial charge in [0, 0.05) is 18.1 Å². The van der Waals surface area contributed by atoms with Crippen LogP contribution in [0.5, 0.6) is 0 Å². The van der Waals surface area contributed by atoms with Crippen LogP contribution in [0, 0.1) is 5.92 Å². The molecule has 6 heteroatoms. The fourth-order valence-electron chi connectivity index (χ4n) is 2.93. The molecule has 28 heavy (non-hydrogen) atoms. The Balaban J connectivity index is 2.08. The van der Waals surface area contributed by atoms with Crippen LogP contribution in [0.4, 0.5) is 0 Å². The Morgan fingerprint density at radius 2 is 2.00 bits per heavy atom. The number of nitrogens with zero attached hydrogens (tertiary/aromatic N) is 3. The molecule has 0 saturated carbocycles. The first-order valence-electron chi connectivity index (χ1n) is 9.89. The predicted molar refractivity (Wildman–Crippen MR) is 115 cm³/mol. The van der Waals surface area contributed by atoms with Gasteiger partial charge in [-0.15, -0.1) is 0 Å². The molecule has 1 N–H and O–H groups in total. The molecule has 0 fully saturated rings. The van der Waals surface area contributed by atoms with Crippen molar-refractivity contribution in [3.05, 3.63) is 52.0 Å². The molecule has 6 nitrogen and oxygen atoms in total. The van der Waals surface area contributed by atoms with Crippen LogP contribution in [0.15, 0.2) is 45.8 Å². The number of amides is 1. The third-order valence-electron chi connectivity index (χ3n) is 4.50. The van der Waals surface area contributed by atoms with Crippen LogP contribution in [0.25, 0.3) is 10.8 Å². The average molecular weight is 383 g/mol. The number of aryl methyl sites for hydroxylation is 1. The minimum absolute atomic E-state index is 0.178. The molecule has 0 aliphatic heterocycles. The topological polar surface area (TPSA) is 76.3 Å². The molecule has 0 radical (unpaired) electrons. The maximum Gasteiger partial charge on any atom is 0.292 e. The van der Waals surface area contributed by atoms with E-state index < -0.39 is 5.91 Å². The summed E-state index contributed by atoms with van der Waals surface area (Å²) < 4.78 is 1.35. The number of hydrazone groups is 1. The van der Waals surface area contributed by atoms with Gasteiger partial charge in [0.15, 0.2) is 5.69 Å². The molecule has 1 aromatic carbocycles. The first-order chi connectivity index (χ1) is 13.4. The van der Waals surface area contributed by atoms with Crippen molar-refractivity contribution < 1.29 is 4.79 Å². The lowest BCUT2D eigenvalue weighted by Crippen LogP contribution is -2.29. The number of fused-ring (bicyclic) bond motifs is 1. The number of nitrogens with one attached hydrogen (secondary N) is 1. The second-order valence-corrected chi connectivity index (χ2v) is 7.37. The summed E-state index contributed by atoms with van der Waals surface area (Å²) in [5, 5.41) is 9.38. The van der Waals surface area contributed by atoms with Crippen LogP contribution in [0.2, 0.25) is 0 Å². The lowest BCUT2D eigenvalue weighted by molar-refractivity contribution is 0.0949. The molecule has 150 valence electrons. The van der Waals surface area contributed by atoms with Crippen LogP contribution >= 0.6 is 0 Å². The van der Waals surface area contributed by atoms with Crippen LogP contribution in [-0.4, -0.2) is 21.9 Å². The van der Waals surface area contributed by atoms with Gasteiger partial charge in [-0.2, -0.15) is 10.2 Å². The number of carbonyl (C=O) groups excluding carboxylic acids is 1. The van der Waals surface area contributed by atoms with Gasteiger partial charge in [-0.3, -0.25) is 9.59 Å². The molecular weight excluding hydrogens is 352 g/mol. The number of carbonyl (C=O) groups is 1. The molecule has 2 aromatic rings. The van der Waals surface area contributed by atoms with Crippen molar-refractivity contribution in [2.75, 3.05) is 0 Å². The smallest absolute Gasteiger partial charge is 0.267 e. The van der Waals surface area contributed by atoms with Gasteiger partial charge in [-0.1, -0.05) is 43.7 Å². The van der Waals surface area contributed by atoms with Crippen LogP contribution in [-0.2, 0) is 6.54 Å². The van der Waals surface area contributed by atoms with Crippen molar-refractivity contribution in [2.45, 2.75) is 59.9 Å². The van der Waals surface area contributed by atoms with Gasteiger partial charge in [0.2, 0.25) is 0 Å². The lowest BCUT2D eigenvalue weighted by atomic mass is 10.0. The highest BCUT2D eigenvalue weighted by Crippen LogP contribution is 2.13. The maximum atomic E-state index is 12.6. The van der Waals surface area contributed by atoms with Gasteiger partial charge in [0.1, 0.15) is 0 Å². The summed E-state index contributed by atoms with van der Waals surface area (Å²) in [6, 6.07) is 7.04. The van der Waals surface area contributed by atoms with E-state index in [2.05, 4.69) is 42.5 Å². The summed E-state index contributed by atoms with van der Waals surface area (Å²) in [5.74, 6) is 0.0798. The number of hydrogen-bond donors (Lipinski definition) is 1. The Bertz CT molecular complexity index is 924.